The van der Waals surface area contributed by atoms with E-state index in [4.69, 9.17) is 16.3 Å². The van der Waals surface area contributed by atoms with Gasteiger partial charge in [-0.3, -0.25) is 10.1 Å². The lowest BCUT2D eigenvalue weighted by molar-refractivity contribution is 0.0994. The van der Waals surface area contributed by atoms with Crippen molar-refractivity contribution in [3.05, 3.63) is 38.6 Å². The minimum Gasteiger partial charge on any atom is -0.496 e. The first kappa shape index (κ1) is 21.0. The molecule has 152 valence electrons. The van der Waals surface area contributed by atoms with Crippen LogP contribution < -0.4 is 14.9 Å². The Bertz CT molecular complexity index is 932. The molecule has 1 aromatic carbocycles. The fourth-order valence-electron chi connectivity index (χ4n) is 2.96. The maximum atomic E-state index is 12.9. The topological polar surface area (TPSA) is 88.7 Å². The average Bonchev–Trinajstić information content (AvgIpc) is 3.21. The van der Waals surface area contributed by atoms with E-state index in [-0.39, 0.29) is 11.5 Å². The normalized spacial score (nSPS) is 20.6. The number of amides is 1. The molecule has 3 rings (SSSR count). The lowest BCUT2D eigenvalue weighted by atomic mass is 9.98. The van der Waals surface area contributed by atoms with Crippen LogP contribution in [-0.4, -0.2) is 40.2 Å². The van der Waals surface area contributed by atoms with Gasteiger partial charge in [0.25, 0.3) is 5.91 Å². The highest BCUT2D eigenvalue weighted by atomic mass is 35.5. The summed E-state index contributed by atoms with van der Waals surface area (Å²) in [5, 5.41) is 18.9. The number of carbonyl (C=O) groups is 1. The Labute approximate surface area is 173 Å². The number of carbonyl (C=O) groups excluding carboxylic acids is 1. The second-order valence-electron chi connectivity index (χ2n) is 7.84. The van der Waals surface area contributed by atoms with Crippen LogP contribution in [0.3, 0.4) is 0 Å². The molecule has 0 saturated carbocycles. The van der Waals surface area contributed by atoms with Crippen molar-refractivity contribution in [3.63, 3.8) is 0 Å². The maximum absolute atomic E-state index is 12.9. The third-order valence-corrected chi connectivity index (χ3v) is 6.07. The number of aliphatic hydroxyl groups is 1. The van der Waals surface area contributed by atoms with E-state index >= 15 is 0 Å². The molecule has 0 bridgehead atoms. The number of hydrogen-bond donors (Lipinski definition) is 2. The molecule has 1 fully saturated rings. The molecular formula is C19H25ClN4O3S. The van der Waals surface area contributed by atoms with Crippen LogP contribution in [0.2, 0.25) is 5.02 Å². The molecule has 2 N–H and O–H groups in total. The number of nitrogens with one attached hydrogen (secondary N) is 1. The summed E-state index contributed by atoms with van der Waals surface area (Å²) >= 11 is 7.44. The van der Waals surface area contributed by atoms with Crippen LogP contribution in [-0.2, 0) is 12.0 Å². The molecule has 1 amide bonds. The number of aliphatic hydroxyl groups excluding tert-OH is 1. The number of rotatable bonds is 4. The van der Waals surface area contributed by atoms with Gasteiger partial charge in [-0.05, 0) is 31.0 Å². The molecule has 0 unspecified atom stereocenters. The fraction of sp³-hybridized carbons (Fsp3) is 0.526. The monoisotopic (exact) mass is 424 g/mol. The van der Waals surface area contributed by atoms with Gasteiger partial charge < -0.3 is 9.84 Å². The molecule has 1 aliphatic rings. The Morgan fingerprint density at radius 3 is 2.82 bits per heavy atom. The molecule has 9 heteroatoms. The highest BCUT2D eigenvalue weighted by molar-refractivity contribution is 7.09. The van der Waals surface area contributed by atoms with Crippen LogP contribution >= 0.6 is 22.9 Å². The van der Waals surface area contributed by atoms with Crippen LogP contribution in [0.25, 0.3) is 0 Å². The smallest absolute Gasteiger partial charge is 0.283 e. The number of nitrogens with zero attached hydrogens (tertiary/aromatic N) is 3. The van der Waals surface area contributed by atoms with E-state index < -0.39 is 12.1 Å². The molecule has 1 saturated heterocycles. The van der Waals surface area contributed by atoms with E-state index in [2.05, 4.69) is 36.2 Å². The van der Waals surface area contributed by atoms with Gasteiger partial charge in [0.2, 0.25) is 4.80 Å². The standard InChI is InChI=1S/C19H25ClN4O3S/c1-19(2,3)17-23-24(10-12-6-8-15(25)21-12)18(28-17)22-16(26)13-9-11(20)5-7-14(13)27-4/h5,7,9,12,15,21,25H,6,8,10H2,1-4H3/t12-,15-/m0/s1. The largest absolute Gasteiger partial charge is 0.496 e. The van der Waals surface area contributed by atoms with Gasteiger partial charge in [0.1, 0.15) is 17.0 Å². The van der Waals surface area contributed by atoms with Gasteiger partial charge in [0, 0.05) is 16.5 Å². The van der Waals surface area contributed by atoms with Gasteiger partial charge in [0.05, 0.1) is 19.2 Å². The van der Waals surface area contributed by atoms with Crippen LogP contribution in [0.4, 0.5) is 0 Å². The molecular weight excluding hydrogens is 400 g/mol. The SMILES string of the molecule is COc1ccc(Cl)cc1C(=O)N=c1sc(C(C)(C)C)nn1C[C@@H]1CC[C@H](O)N1. The zero-order chi connectivity index (χ0) is 20.5. The quantitative estimate of drug-likeness (QED) is 0.787. The molecule has 2 heterocycles. The molecule has 7 nitrogen and oxygen atoms in total. The summed E-state index contributed by atoms with van der Waals surface area (Å²) in [4.78, 5) is 17.7. The van der Waals surface area contributed by atoms with Gasteiger partial charge in [0.15, 0.2) is 0 Å². The van der Waals surface area contributed by atoms with E-state index in [1.54, 1.807) is 22.9 Å². The summed E-state index contributed by atoms with van der Waals surface area (Å²) < 4.78 is 7.02. The van der Waals surface area contributed by atoms with Crippen molar-refractivity contribution in [2.24, 2.45) is 4.99 Å². The number of ether oxygens (including phenoxy) is 1. The summed E-state index contributed by atoms with van der Waals surface area (Å²) in [6.07, 6.45) is 1.04. The van der Waals surface area contributed by atoms with Crippen LogP contribution in [0.5, 0.6) is 5.75 Å². The number of hydrogen-bond acceptors (Lipinski definition) is 6. The molecule has 28 heavy (non-hydrogen) atoms. The van der Waals surface area contributed by atoms with E-state index in [0.717, 1.165) is 11.4 Å². The van der Waals surface area contributed by atoms with Crippen LogP contribution in [0.1, 0.15) is 49.0 Å². The second-order valence-corrected chi connectivity index (χ2v) is 9.23. The van der Waals surface area contributed by atoms with Crippen molar-refractivity contribution in [2.45, 2.75) is 57.8 Å². The van der Waals surface area contributed by atoms with Gasteiger partial charge >= 0.3 is 0 Å². The Balaban J connectivity index is 2.00. The summed E-state index contributed by atoms with van der Waals surface area (Å²) in [6.45, 7) is 6.74. The number of methoxy groups -OCH3 is 1. The number of aromatic nitrogens is 2. The van der Waals surface area contributed by atoms with Crippen molar-refractivity contribution in [1.82, 2.24) is 15.1 Å². The van der Waals surface area contributed by atoms with E-state index in [1.807, 2.05) is 0 Å². The van der Waals surface area contributed by atoms with Gasteiger partial charge in [-0.25, -0.2) is 4.68 Å². The van der Waals surface area contributed by atoms with Crippen LogP contribution in [0, 0.1) is 0 Å². The molecule has 2 atom stereocenters. The van der Waals surface area contributed by atoms with Crippen molar-refractivity contribution < 1.29 is 14.6 Å². The first-order valence-corrected chi connectivity index (χ1v) is 10.3. The van der Waals surface area contributed by atoms with E-state index in [0.29, 0.717) is 34.1 Å². The molecule has 2 aromatic rings. The first-order chi connectivity index (χ1) is 13.2. The molecule has 0 aliphatic carbocycles. The number of benzene rings is 1. The predicted molar refractivity (Wildman–Crippen MR) is 109 cm³/mol. The van der Waals surface area contributed by atoms with Gasteiger partial charge in [-0.2, -0.15) is 10.1 Å². The third-order valence-electron chi connectivity index (χ3n) is 4.46. The molecule has 1 aliphatic heterocycles. The highest BCUT2D eigenvalue weighted by Gasteiger charge is 2.25. The van der Waals surface area contributed by atoms with Crippen molar-refractivity contribution in [2.75, 3.05) is 7.11 Å². The predicted octanol–water partition coefficient (Wildman–Crippen LogP) is 2.72. The van der Waals surface area contributed by atoms with Crippen molar-refractivity contribution in [1.29, 1.82) is 0 Å². The molecule has 0 spiro atoms. The lowest BCUT2D eigenvalue weighted by Crippen LogP contribution is -2.35. The summed E-state index contributed by atoms with van der Waals surface area (Å²) in [5.74, 6) is -0.0116. The van der Waals surface area contributed by atoms with Crippen molar-refractivity contribution >= 4 is 28.8 Å². The van der Waals surface area contributed by atoms with E-state index in [9.17, 15) is 9.90 Å². The zero-order valence-corrected chi connectivity index (χ0v) is 18.0. The molecule has 0 radical (unpaired) electrons. The lowest BCUT2D eigenvalue weighted by Gasteiger charge is -2.14. The van der Waals surface area contributed by atoms with Gasteiger partial charge in [-0.15, -0.1) is 0 Å². The third kappa shape index (κ3) is 4.81. The van der Waals surface area contributed by atoms with E-state index in [1.165, 1.54) is 18.4 Å². The zero-order valence-electron chi connectivity index (χ0n) is 16.4. The van der Waals surface area contributed by atoms with Crippen LogP contribution in [0.15, 0.2) is 23.2 Å². The Hall–Kier alpha value is -1.74. The molecule has 1 aromatic heterocycles. The Kier molecular flexibility index (Phi) is 6.24. The summed E-state index contributed by atoms with van der Waals surface area (Å²) in [5.41, 5.74) is 0.140. The summed E-state index contributed by atoms with van der Waals surface area (Å²) in [6, 6.07) is 4.95. The number of halogens is 1. The minimum atomic E-state index is -0.496. The first-order valence-electron chi connectivity index (χ1n) is 9.12. The fourth-order valence-corrected chi connectivity index (χ4v) is 4.10. The summed E-state index contributed by atoms with van der Waals surface area (Å²) in [7, 11) is 1.50. The maximum Gasteiger partial charge on any atom is 0.283 e. The second kappa shape index (κ2) is 8.32. The minimum absolute atomic E-state index is 0.0830. The Morgan fingerprint density at radius 2 is 2.21 bits per heavy atom. The average molecular weight is 425 g/mol. The highest BCUT2D eigenvalue weighted by Crippen LogP contribution is 2.24. The van der Waals surface area contributed by atoms with Crippen molar-refractivity contribution in [3.8, 4) is 5.75 Å². The Morgan fingerprint density at radius 1 is 1.46 bits per heavy atom. The van der Waals surface area contributed by atoms with Gasteiger partial charge in [-0.1, -0.05) is 43.7 Å².